The Balaban J connectivity index is 3.07. The maximum Gasteiger partial charge on any atom is 0.124 e. The van der Waals surface area contributed by atoms with Gasteiger partial charge in [0.1, 0.15) is 5.75 Å². The second kappa shape index (κ2) is 4.98. The van der Waals surface area contributed by atoms with Crippen molar-refractivity contribution in [3.8, 4) is 5.75 Å². The highest BCUT2D eigenvalue weighted by molar-refractivity contribution is 9.10. The van der Waals surface area contributed by atoms with Gasteiger partial charge in [-0.15, -0.1) is 0 Å². The Morgan fingerprint density at radius 2 is 2.15 bits per heavy atom. The van der Waals surface area contributed by atoms with Gasteiger partial charge < -0.3 is 10.1 Å². The Morgan fingerprint density at radius 3 is 2.69 bits per heavy atom. The van der Waals surface area contributed by atoms with Crippen molar-refractivity contribution in [3.63, 3.8) is 0 Å². The zero-order valence-corrected chi connectivity index (χ0v) is 10.6. The normalized spacial score (nSPS) is 12.6. The van der Waals surface area contributed by atoms with Gasteiger partial charge in [-0.3, -0.25) is 0 Å². The molecule has 0 spiro atoms. The molecule has 4 heteroatoms. The molecule has 0 saturated carbocycles. The molecule has 13 heavy (non-hydrogen) atoms. The third-order valence-electron chi connectivity index (χ3n) is 1.72. The highest BCUT2D eigenvalue weighted by Gasteiger charge is 2.10. The van der Waals surface area contributed by atoms with Crippen molar-refractivity contribution >= 4 is 31.9 Å². The van der Waals surface area contributed by atoms with E-state index >= 15 is 0 Å². The predicted octanol–water partition coefficient (Wildman–Crippen LogP) is 3.07. The standard InChI is InChI=1S/C9H11Br2NO/c1-12-9(11)7-5-6(10)3-4-8(7)13-2/h3-5,9,12H,1-2H3. The number of hydrogen-bond acceptors (Lipinski definition) is 2. The number of nitrogens with one attached hydrogen (secondary N) is 1. The summed E-state index contributed by atoms with van der Waals surface area (Å²) in [6.07, 6.45) is 0. The molecule has 0 amide bonds. The molecule has 0 fully saturated rings. The van der Waals surface area contributed by atoms with Crippen LogP contribution >= 0.6 is 31.9 Å². The Bertz CT molecular complexity index is 291. The molecule has 0 saturated heterocycles. The van der Waals surface area contributed by atoms with Gasteiger partial charge >= 0.3 is 0 Å². The molecule has 1 aromatic rings. The fourth-order valence-corrected chi connectivity index (χ4v) is 1.80. The Hall–Kier alpha value is -0.0600. The summed E-state index contributed by atoms with van der Waals surface area (Å²) < 4.78 is 6.28. The van der Waals surface area contributed by atoms with Crippen LogP contribution in [0.3, 0.4) is 0 Å². The Labute approximate surface area is 94.9 Å². The molecule has 0 radical (unpaired) electrons. The molecule has 0 bridgehead atoms. The molecular weight excluding hydrogens is 298 g/mol. The summed E-state index contributed by atoms with van der Waals surface area (Å²) in [4.78, 5) is 0.111. The van der Waals surface area contributed by atoms with Crippen molar-refractivity contribution in [2.24, 2.45) is 0 Å². The fourth-order valence-electron chi connectivity index (χ4n) is 1.06. The first kappa shape index (κ1) is 11.0. The van der Waals surface area contributed by atoms with Crippen LogP contribution in [0, 0.1) is 0 Å². The molecule has 72 valence electrons. The van der Waals surface area contributed by atoms with E-state index in [1.165, 1.54) is 0 Å². The minimum absolute atomic E-state index is 0.111. The van der Waals surface area contributed by atoms with Crippen LogP contribution in [-0.2, 0) is 0 Å². The predicted molar refractivity (Wildman–Crippen MR) is 61.4 cm³/mol. The van der Waals surface area contributed by atoms with E-state index in [0.29, 0.717) is 0 Å². The largest absolute Gasteiger partial charge is 0.496 e. The van der Waals surface area contributed by atoms with Crippen molar-refractivity contribution in [3.05, 3.63) is 28.2 Å². The van der Waals surface area contributed by atoms with Gasteiger partial charge in [0.05, 0.1) is 12.1 Å². The molecule has 1 N–H and O–H groups in total. The summed E-state index contributed by atoms with van der Waals surface area (Å²) in [6, 6.07) is 5.91. The maximum absolute atomic E-state index is 5.23. The number of ether oxygens (including phenoxy) is 1. The molecule has 1 unspecified atom stereocenters. The lowest BCUT2D eigenvalue weighted by Crippen LogP contribution is -2.10. The SMILES string of the molecule is CNC(Br)c1cc(Br)ccc1OC. The lowest BCUT2D eigenvalue weighted by Gasteiger charge is -2.13. The molecular formula is C9H11Br2NO. The van der Waals surface area contributed by atoms with Crippen molar-refractivity contribution < 1.29 is 4.74 Å². The van der Waals surface area contributed by atoms with Crippen LogP contribution in [0.4, 0.5) is 0 Å². The summed E-state index contributed by atoms with van der Waals surface area (Å²) in [5, 5.41) is 3.10. The molecule has 1 atom stereocenters. The van der Waals surface area contributed by atoms with Crippen molar-refractivity contribution in [2.45, 2.75) is 4.95 Å². The molecule has 1 rings (SSSR count). The minimum atomic E-state index is 0.111. The Kier molecular flexibility index (Phi) is 4.22. The molecule has 0 aliphatic heterocycles. The highest BCUT2D eigenvalue weighted by Crippen LogP contribution is 2.31. The molecule has 0 aliphatic rings. The van der Waals surface area contributed by atoms with Crippen molar-refractivity contribution in [1.29, 1.82) is 0 Å². The molecule has 0 aliphatic carbocycles. The topological polar surface area (TPSA) is 21.3 Å². The van der Waals surface area contributed by atoms with Gasteiger partial charge in [0.15, 0.2) is 0 Å². The van der Waals surface area contributed by atoms with Crippen LogP contribution in [-0.4, -0.2) is 14.2 Å². The summed E-state index contributed by atoms with van der Waals surface area (Å²) in [6.45, 7) is 0. The highest BCUT2D eigenvalue weighted by atomic mass is 79.9. The van der Waals surface area contributed by atoms with Crippen LogP contribution < -0.4 is 10.1 Å². The van der Waals surface area contributed by atoms with Crippen LogP contribution in [0.25, 0.3) is 0 Å². The number of methoxy groups -OCH3 is 1. The maximum atomic E-state index is 5.23. The number of halogens is 2. The van der Waals surface area contributed by atoms with E-state index in [0.717, 1.165) is 15.8 Å². The van der Waals surface area contributed by atoms with Crippen LogP contribution in [0.15, 0.2) is 22.7 Å². The van der Waals surface area contributed by atoms with Gasteiger partial charge in [-0.1, -0.05) is 31.9 Å². The van der Waals surface area contributed by atoms with Gasteiger partial charge in [-0.2, -0.15) is 0 Å². The number of benzene rings is 1. The minimum Gasteiger partial charge on any atom is -0.496 e. The average molecular weight is 309 g/mol. The third kappa shape index (κ3) is 2.69. The van der Waals surface area contributed by atoms with Crippen molar-refractivity contribution in [2.75, 3.05) is 14.2 Å². The lowest BCUT2D eigenvalue weighted by atomic mass is 10.2. The van der Waals surface area contributed by atoms with E-state index in [1.807, 2.05) is 25.2 Å². The van der Waals surface area contributed by atoms with E-state index in [4.69, 9.17) is 4.74 Å². The van der Waals surface area contributed by atoms with E-state index < -0.39 is 0 Å². The van der Waals surface area contributed by atoms with Gasteiger partial charge in [0.25, 0.3) is 0 Å². The molecule has 0 aromatic heterocycles. The van der Waals surface area contributed by atoms with E-state index in [9.17, 15) is 0 Å². The van der Waals surface area contributed by atoms with Gasteiger partial charge in [-0.05, 0) is 25.2 Å². The monoisotopic (exact) mass is 307 g/mol. The van der Waals surface area contributed by atoms with Gasteiger partial charge in [0, 0.05) is 10.0 Å². The quantitative estimate of drug-likeness (QED) is 0.684. The second-order valence-electron chi connectivity index (χ2n) is 2.54. The smallest absolute Gasteiger partial charge is 0.124 e. The summed E-state index contributed by atoms with van der Waals surface area (Å²) in [5.74, 6) is 0.874. The second-order valence-corrected chi connectivity index (χ2v) is 4.37. The van der Waals surface area contributed by atoms with Gasteiger partial charge in [-0.25, -0.2) is 0 Å². The summed E-state index contributed by atoms with van der Waals surface area (Å²) >= 11 is 6.92. The average Bonchev–Trinajstić information content (AvgIpc) is 2.16. The number of alkyl halides is 1. The Morgan fingerprint density at radius 1 is 1.46 bits per heavy atom. The van der Waals surface area contributed by atoms with E-state index in [2.05, 4.69) is 37.2 Å². The van der Waals surface area contributed by atoms with E-state index in [-0.39, 0.29) is 4.95 Å². The van der Waals surface area contributed by atoms with Crippen molar-refractivity contribution in [1.82, 2.24) is 5.32 Å². The fraction of sp³-hybridized carbons (Fsp3) is 0.333. The third-order valence-corrected chi connectivity index (χ3v) is 3.16. The summed E-state index contributed by atoms with van der Waals surface area (Å²) in [7, 11) is 3.56. The number of rotatable bonds is 3. The number of hydrogen-bond donors (Lipinski definition) is 1. The first-order chi connectivity index (χ1) is 6.19. The summed E-state index contributed by atoms with van der Waals surface area (Å²) in [5.41, 5.74) is 1.08. The molecule has 0 heterocycles. The zero-order chi connectivity index (χ0) is 9.84. The van der Waals surface area contributed by atoms with Gasteiger partial charge in [0.2, 0.25) is 0 Å². The van der Waals surface area contributed by atoms with Crippen LogP contribution in [0.5, 0.6) is 5.75 Å². The van der Waals surface area contributed by atoms with Crippen LogP contribution in [0.1, 0.15) is 10.5 Å². The first-order valence-electron chi connectivity index (χ1n) is 3.83. The zero-order valence-electron chi connectivity index (χ0n) is 7.47. The van der Waals surface area contributed by atoms with E-state index in [1.54, 1.807) is 7.11 Å². The first-order valence-corrected chi connectivity index (χ1v) is 5.54. The molecule has 2 nitrogen and oxygen atoms in total. The lowest BCUT2D eigenvalue weighted by molar-refractivity contribution is 0.408. The van der Waals surface area contributed by atoms with Crippen LogP contribution in [0.2, 0.25) is 0 Å². The molecule has 1 aromatic carbocycles.